The second-order valence-corrected chi connectivity index (χ2v) is 2.27. The SMILES string of the molecule is CCC(=NOC)C(=O)N(C)C. The van der Waals surface area contributed by atoms with Crippen molar-refractivity contribution in [2.45, 2.75) is 13.3 Å². The Labute approximate surface area is 66.8 Å². The standard InChI is InChI=1S/C7H14N2O2/c1-5-6(8-11-4)7(10)9(2)3/h5H2,1-4H3. The zero-order chi connectivity index (χ0) is 8.85. The van der Waals surface area contributed by atoms with Gasteiger partial charge in [-0.2, -0.15) is 0 Å². The lowest BCUT2D eigenvalue weighted by molar-refractivity contribution is -0.122. The highest BCUT2D eigenvalue weighted by Crippen LogP contribution is 1.91. The molecular weight excluding hydrogens is 144 g/mol. The van der Waals surface area contributed by atoms with Crippen LogP contribution in [0.5, 0.6) is 0 Å². The van der Waals surface area contributed by atoms with Gasteiger partial charge in [-0.1, -0.05) is 12.1 Å². The van der Waals surface area contributed by atoms with Crippen molar-refractivity contribution in [2.75, 3.05) is 21.2 Å². The zero-order valence-corrected chi connectivity index (χ0v) is 7.42. The first kappa shape index (κ1) is 9.94. The molecule has 0 aromatic carbocycles. The van der Waals surface area contributed by atoms with E-state index in [0.717, 1.165) is 0 Å². The monoisotopic (exact) mass is 158 g/mol. The summed E-state index contributed by atoms with van der Waals surface area (Å²) >= 11 is 0. The van der Waals surface area contributed by atoms with Crippen LogP contribution in [0.2, 0.25) is 0 Å². The van der Waals surface area contributed by atoms with Gasteiger partial charge in [0, 0.05) is 14.1 Å². The van der Waals surface area contributed by atoms with E-state index in [0.29, 0.717) is 12.1 Å². The number of carbonyl (C=O) groups is 1. The van der Waals surface area contributed by atoms with Crippen LogP contribution in [0.15, 0.2) is 5.16 Å². The molecule has 0 saturated carbocycles. The molecule has 0 heterocycles. The van der Waals surface area contributed by atoms with E-state index in [1.165, 1.54) is 12.0 Å². The number of amides is 1. The number of nitrogens with zero attached hydrogens (tertiary/aromatic N) is 2. The Kier molecular flexibility index (Phi) is 4.26. The lowest BCUT2D eigenvalue weighted by Gasteiger charge is -2.09. The first-order valence-electron chi connectivity index (χ1n) is 3.45. The summed E-state index contributed by atoms with van der Waals surface area (Å²) in [6.45, 7) is 1.86. The lowest BCUT2D eigenvalue weighted by atomic mass is 10.3. The average Bonchev–Trinajstić information content (AvgIpc) is 1.98. The van der Waals surface area contributed by atoms with Crippen molar-refractivity contribution in [1.29, 1.82) is 0 Å². The minimum atomic E-state index is -0.102. The largest absolute Gasteiger partial charge is 0.399 e. The fourth-order valence-electron chi connectivity index (χ4n) is 0.623. The predicted molar refractivity (Wildman–Crippen MR) is 43.4 cm³/mol. The second kappa shape index (κ2) is 4.71. The normalized spacial score (nSPS) is 11.1. The number of rotatable bonds is 3. The van der Waals surface area contributed by atoms with Crippen LogP contribution >= 0.6 is 0 Å². The summed E-state index contributed by atoms with van der Waals surface area (Å²) in [4.78, 5) is 17.2. The first-order chi connectivity index (χ1) is 5.13. The van der Waals surface area contributed by atoms with E-state index in [9.17, 15) is 4.79 Å². The zero-order valence-electron chi connectivity index (χ0n) is 7.42. The Morgan fingerprint density at radius 1 is 1.55 bits per heavy atom. The molecule has 0 aliphatic carbocycles. The Bertz CT molecular complexity index is 164. The highest BCUT2D eigenvalue weighted by molar-refractivity contribution is 6.38. The second-order valence-electron chi connectivity index (χ2n) is 2.27. The molecular formula is C7H14N2O2. The topological polar surface area (TPSA) is 41.9 Å². The molecule has 0 atom stereocenters. The van der Waals surface area contributed by atoms with Crippen molar-refractivity contribution < 1.29 is 9.63 Å². The maximum Gasteiger partial charge on any atom is 0.271 e. The molecule has 0 fully saturated rings. The van der Waals surface area contributed by atoms with Crippen LogP contribution < -0.4 is 0 Å². The molecule has 0 saturated heterocycles. The molecule has 0 spiro atoms. The fraction of sp³-hybridized carbons (Fsp3) is 0.714. The number of hydrogen-bond acceptors (Lipinski definition) is 3. The lowest BCUT2D eigenvalue weighted by Crippen LogP contribution is -2.29. The predicted octanol–water partition coefficient (Wildman–Crippen LogP) is 0.487. The van der Waals surface area contributed by atoms with Gasteiger partial charge in [0.15, 0.2) is 0 Å². The molecule has 0 aromatic rings. The summed E-state index contributed by atoms with van der Waals surface area (Å²) in [5.74, 6) is -0.102. The maximum absolute atomic E-state index is 11.2. The van der Waals surface area contributed by atoms with Crippen molar-refractivity contribution in [2.24, 2.45) is 5.16 Å². The van der Waals surface area contributed by atoms with Crippen LogP contribution in [0.1, 0.15) is 13.3 Å². The quantitative estimate of drug-likeness (QED) is 0.443. The van der Waals surface area contributed by atoms with E-state index in [4.69, 9.17) is 0 Å². The maximum atomic E-state index is 11.2. The molecule has 1 amide bonds. The van der Waals surface area contributed by atoms with E-state index >= 15 is 0 Å². The molecule has 0 bridgehead atoms. The average molecular weight is 158 g/mol. The molecule has 0 radical (unpaired) electrons. The number of carbonyl (C=O) groups excluding carboxylic acids is 1. The van der Waals surface area contributed by atoms with Gasteiger partial charge in [0.2, 0.25) is 0 Å². The van der Waals surface area contributed by atoms with Gasteiger partial charge in [-0.05, 0) is 6.42 Å². The van der Waals surface area contributed by atoms with Crippen molar-refractivity contribution in [3.8, 4) is 0 Å². The summed E-state index contributed by atoms with van der Waals surface area (Å²) in [5.41, 5.74) is 0.442. The highest BCUT2D eigenvalue weighted by Gasteiger charge is 2.11. The molecule has 4 heteroatoms. The third-order valence-corrected chi connectivity index (χ3v) is 1.19. The van der Waals surface area contributed by atoms with Gasteiger partial charge >= 0.3 is 0 Å². The minimum Gasteiger partial charge on any atom is -0.399 e. The summed E-state index contributed by atoms with van der Waals surface area (Å²) in [6.07, 6.45) is 0.588. The van der Waals surface area contributed by atoms with Gasteiger partial charge in [-0.3, -0.25) is 4.79 Å². The smallest absolute Gasteiger partial charge is 0.271 e. The van der Waals surface area contributed by atoms with Crippen LogP contribution in [-0.2, 0) is 9.63 Å². The van der Waals surface area contributed by atoms with E-state index in [1.54, 1.807) is 14.1 Å². The van der Waals surface area contributed by atoms with E-state index in [2.05, 4.69) is 9.99 Å². The molecule has 0 rings (SSSR count). The molecule has 0 N–H and O–H groups in total. The summed E-state index contributed by atoms with van der Waals surface area (Å²) < 4.78 is 0. The molecule has 0 aromatic heterocycles. The van der Waals surface area contributed by atoms with E-state index in [-0.39, 0.29) is 5.91 Å². The third-order valence-electron chi connectivity index (χ3n) is 1.19. The van der Waals surface area contributed by atoms with Crippen molar-refractivity contribution in [3.63, 3.8) is 0 Å². The molecule has 0 aliphatic heterocycles. The molecule has 0 aliphatic rings. The molecule has 0 unspecified atom stereocenters. The summed E-state index contributed by atoms with van der Waals surface area (Å²) in [6, 6.07) is 0. The molecule has 4 nitrogen and oxygen atoms in total. The summed E-state index contributed by atoms with van der Waals surface area (Å²) in [7, 11) is 4.80. The van der Waals surface area contributed by atoms with Gasteiger partial charge < -0.3 is 9.74 Å². The van der Waals surface area contributed by atoms with Crippen LogP contribution in [0.4, 0.5) is 0 Å². The van der Waals surface area contributed by atoms with Crippen molar-refractivity contribution in [3.05, 3.63) is 0 Å². The van der Waals surface area contributed by atoms with Crippen molar-refractivity contribution >= 4 is 11.6 Å². The number of oxime groups is 1. The van der Waals surface area contributed by atoms with Gasteiger partial charge in [0.05, 0.1) is 0 Å². The Balaban J connectivity index is 4.26. The van der Waals surface area contributed by atoms with Crippen LogP contribution in [0.3, 0.4) is 0 Å². The van der Waals surface area contributed by atoms with Crippen LogP contribution in [-0.4, -0.2) is 37.7 Å². The Hall–Kier alpha value is -1.06. The van der Waals surface area contributed by atoms with Gasteiger partial charge in [-0.15, -0.1) is 0 Å². The number of hydrogen-bond donors (Lipinski definition) is 0. The van der Waals surface area contributed by atoms with Crippen molar-refractivity contribution in [1.82, 2.24) is 4.90 Å². The highest BCUT2D eigenvalue weighted by atomic mass is 16.6. The van der Waals surface area contributed by atoms with Crippen LogP contribution in [0, 0.1) is 0 Å². The van der Waals surface area contributed by atoms with Gasteiger partial charge in [-0.25, -0.2) is 0 Å². The Morgan fingerprint density at radius 2 is 2.09 bits per heavy atom. The fourth-order valence-corrected chi connectivity index (χ4v) is 0.623. The van der Waals surface area contributed by atoms with Crippen LogP contribution in [0.25, 0.3) is 0 Å². The summed E-state index contributed by atoms with van der Waals surface area (Å²) in [5, 5.41) is 3.59. The minimum absolute atomic E-state index is 0.102. The van der Waals surface area contributed by atoms with E-state index < -0.39 is 0 Å². The molecule has 64 valence electrons. The third kappa shape index (κ3) is 3.02. The van der Waals surface area contributed by atoms with Gasteiger partial charge in [0.1, 0.15) is 12.8 Å². The Morgan fingerprint density at radius 3 is 2.36 bits per heavy atom. The van der Waals surface area contributed by atoms with Gasteiger partial charge in [0.25, 0.3) is 5.91 Å². The van der Waals surface area contributed by atoms with E-state index in [1.807, 2.05) is 6.92 Å². The molecule has 11 heavy (non-hydrogen) atoms. The first-order valence-corrected chi connectivity index (χ1v) is 3.45.